The van der Waals surface area contributed by atoms with Gasteiger partial charge in [-0.25, -0.2) is 0 Å². The van der Waals surface area contributed by atoms with Crippen LogP contribution in [0.5, 0.6) is 0 Å². The second-order valence-electron chi connectivity index (χ2n) is 12.0. The van der Waals surface area contributed by atoms with Gasteiger partial charge in [0.25, 0.3) is 0 Å². The lowest BCUT2D eigenvalue weighted by atomic mass is 9.39. The summed E-state index contributed by atoms with van der Waals surface area (Å²) in [5.74, 6) is 10.2. The predicted molar refractivity (Wildman–Crippen MR) is 111 cm³/mol. The van der Waals surface area contributed by atoms with Crippen molar-refractivity contribution in [3.05, 3.63) is 12.6 Å². The van der Waals surface area contributed by atoms with Gasteiger partial charge in [0.1, 0.15) is 0 Å². The minimum Gasteiger partial charge on any atom is -0.122 e. The zero-order valence-electron chi connectivity index (χ0n) is 17.7. The van der Waals surface area contributed by atoms with E-state index in [1.807, 2.05) is 0 Å². The van der Waals surface area contributed by atoms with Crippen molar-refractivity contribution >= 4 is 6.71 Å². The van der Waals surface area contributed by atoms with Crippen molar-refractivity contribution < 1.29 is 0 Å². The van der Waals surface area contributed by atoms with Gasteiger partial charge in [-0.05, 0) is 83.9 Å². The average molecular weight is 340 g/mol. The Kier molecular flexibility index (Phi) is 4.29. The fraction of sp³-hybridized carbons (Fsp3) is 0.917. The SMILES string of the molecule is C=CB(CC1CC2C(CC1C)C2(C)C)CC1CC2C(CC1C)C2(C)C. The zero-order chi connectivity index (χ0) is 18.1. The maximum atomic E-state index is 4.26. The first-order chi connectivity index (χ1) is 11.7. The molecule has 0 bridgehead atoms. The van der Waals surface area contributed by atoms with E-state index in [1.54, 1.807) is 0 Å². The average Bonchev–Trinajstić information content (AvgIpc) is 3.28. The van der Waals surface area contributed by atoms with Crippen LogP contribution in [0.1, 0.15) is 67.2 Å². The van der Waals surface area contributed by atoms with Gasteiger partial charge in [0.2, 0.25) is 0 Å². The van der Waals surface area contributed by atoms with Crippen molar-refractivity contribution in [3.63, 3.8) is 0 Å². The molecule has 0 spiro atoms. The predicted octanol–water partition coefficient (Wildman–Crippen LogP) is 6.84. The van der Waals surface area contributed by atoms with Crippen molar-refractivity contribution in [3.8, 4) is 0 Å². The second-order valence-corrected chi connectivity index (χ2v) is 12.0. The van der Waals surface area contributed by atoms with Crippen molar-refractivity contribution in [2.75, 3.05) is 0 Å². The number of hydrogen-bond acceptors (Lipinski definition) is 0. The lowest BCUT2D eigenvalue weighted by Gasteiger charge is -2.33. The molecule has 4 aliphatic rings. The summed E-state index contributed by atoms with van der Waals surface area (Å²) in [5, 5.41) is 0. The molecule has 4 rings (SSSR count). The number of fused-ring (bicyclic) bond motifs is 2. The highest BCUT2D eigenvalue weighted by atomic mass is 14.7. The molecule has 0 amide bonds. The van der Waals surface area contributed by atoms with Crippen LogP contribution in [-0.2, 0) is 0 Å². The quantitative estimate of drug-likeness (QED) is 0.480. The molecule has 0 aromatic heterocycles. The molecule has 25 heavy (non-hydrogen) atoms. The Labute approximate surface area is 157 Å². The molecule has 0 aromatic carbocycles. The Morgan fingerprint density at radius 1 is 0.760 bits per heavy atom. The van der Waals surface area contributed by atoms with Crippen LogP contribution in [-0.4, -0.2) is 6.71 Å². The van der Waals surface area contributed by atoms with Crippen LogP contribution in [0.2, 0.25) is 12.6 Å². The molecule has 0 heterocycles. The van der Waals surface area contributed by atoms with Crippen LogP contribution < -0.4 is 0 Å². The topological polar surface area (TPSA) is 0 Å². The Morgan fingerprint density at radius 3 is 1.48 bits per heavy atom. The highest BCUT2D eigenvalue weighted by molar-refractivity contribution is 6.64. The highest BCUT2D eigenvalue weighted by Gasteiger charge is 2.61. The van der Waals surface area contributed by atoms with Gasteiger partial charge in [0, 0.05) is 0 Å². The van der Waals surface area contributed by atoms with E-state index >= 15 is 0 Å². The molecule has 0 nitrogen and oxygen atoms in total. The van der Waals surface area contributed by atoms with Gasteiger partial charge < -0.3 is 0 Å². The Hall–Kier alpha value is -0.195. The van der Waals surface area contributed by atoms with Crippen LogP contribution >= 0.6 is 0 Å². The third kappa shape index (κ3) is 2.96. The molecule has 8 unspecified atom stereocenters. The van der Waals surface area contributed by atoms with Crippen LogP contribution in [0.4, 0.5) is 0 Å². The molecule has 0 aliphatic heterocycles. The normalized spacial score (nSPS) is 48.9. The van der Waals surface area contributed by atoms with Crippen LogP contribution in [0.3, 0.4) is 0 Å². The molecule has 140 valence electrons. The molecule has 4 saturated carbocycles. The first kappa shape index (κ1) is 18.2. The lowest BCUT2D eigenvalue weighted by molar-refractivity contribution is 0.255. The summed E-state index contributed by atoms with van der Waals surface area (Å²) < 4.78 is 0. The summed E-state index contributed by atoms with van der Waals surface area (Å²) in [4.78, 5) is 0. The summed E-state index contributed by atoms with van der Waals surface area (Å²) in [5.41, 5.74) is 1.30. The fourth-order valence-corrected chi connectivity index (χ4v) is 7.61. The van der Waals surface area contributed by atoms with E-state index in [9.17, 15) is 0 Å². The van der Waals surface area contributed by atoms with Crippen LogP contribution in [0.15, 0.2) is 12.6 Å². The molecule has 1 heteroatoms. The van der Waals surface area contributed by atoms with Crippen LogP contribution in [0, 0.1) is 58.2 Å². The van der Waals surface area contributed by atoms with Gasteiger partial charge in [0.05, 0.1) is 0 Å². The van der Waals surface area contributed by atoms with Gasteiger partial charge in [-0.1, -0.05) is 54.2 Å². The third-order valence-electron chi connectivity index (χ3n) is 10.1. The zero-order valence-corrected chi connectivity index (χ0v) is 17.7. The maximum Gasteiger partial charge on any atom is 0.166 e. The molecule has 8 atom stereocenters. The fourth-order valence-electron chi connectivity index (χ4n) is 7.61. The minimum absolute atomic E-state index is 0.650. The molecule has 0 N–H and O–H groups in total. The number of rotatable bonds is 5. The number of hydrogen-bond donors (Lipinski definition) is 0. The van der Waals surface area contributed by atoms with Gasteiger partial charge in [-0.2, -0.15) is 0 Å². The second kappa shape index (κ2) is 5.90. The Balaban J connectivity index is 1.34. The molecule has 4 fully saturated rings. The molecular formula is C24H41B. The first-order valence-electron chi connectivity index (χ1n) is 11.3. The summed E-state index contributed by atoms with van der Waals surface area (Å²) in [6.45, 7) is 20.1. The van der Waals surface area contributed by atoms with E-state index in [-0.39, 0.29) is 0 Å². The maximum absolute atomic E-state index is 4.26. The summed E-state index contributed by atoms with van der Waals surface area (Å²) in [6.07, 6.45) is 8.82. The minimum atomic E-state index is 0.650. The van der Waals surface area contributed by atoms with E-state index < -0.39 is 0 Å². The first-order valence-corrected chi connectivity index (χ1v) is 11.3. The molecule has 4 aliphatic carbocycles. The summed E-state index contributed by atoms with van der Waals surface area (Å²) in [6, 6.07) is 0. The van der Waals surface area contributed by atoms with Gasteiger partial charge in [-0.15, -0.1) is 12.6 Å². The van der Waals surface area contributed by atoms with E-state index in [2.05, 4.69) is 54.1 Å². The van der Waals surface area contributed by atoms with Gasteiger partial charge in [-0.3, -0.25) is 0 Å². The standard InChI is InChI=1S/C24H41B/c1-8-25(13-17-11-21-19(9-15(17)2)23(21,4)5)14-18-12-22-20(10-16(18)3)24(22,6)7/h8,15-22H,1,9-14H2,2-7H3. The van der Waals surface area contributed by atoms with Crippen LogP contribution in [0.25, 0.3) is 0 Å². The molecule has 0 saturated heterocycles. The molecule has 0 radical (unpaired) electrons. The monoisotopic (exact) mass is 340 g/mol. The van der Waals surface area contributed by atoms with Gasteiger partial charge >= 0.3 is 0 Å². The Morgan fingerprint density at radius 2 is 1.12 bits per heavy atom. The Bertz CT molecular complexity index is 488. The molecule has 0 aromatic rings. The van der Waals surface area contributed by atoms with Crippen molar-refractivity contribution in [1.82, 2.24) is 0 Å². The van der Waals surface area contributed by atoms with Gasteiger partial charge in [0.15, 0.2) is 6.71 Å². The van der Waals surface area contributed by atoms with E-state index in [1.165, 1.54) is 38.3 Å². The van der Waals surface area contributed by atoms with E-state index in [4.69, 9.17) is 0 Å². The van der Waals surface area contributed by atoms with Crippen molar-refractivity contribution in [1.29, 1.82) is 0 Å². The summed E-state index contributed by atoms with van der Waals surface area (Å²) in [7, 11) is 0. The smallest absolute Gasteiger partial charge is 0.122 e. The highest BCUT2D eigenvalue weighted by Crippen LogP contribution is 2.68. The lowest BCUT2D eigenvalue weighted by Crippen LogP contribution is -2.28. The third-order valence-corrected chi connectivity index (χ3v) is 10.1. The molecular weight excluding hydrogens is 299 g/mol. The van der Waals surface area contributed by atoms with E-state index in [0.717, 1.165) is 54.1 Å². The van der Waals surface area contributed by atoms with E-state index in [0.29, 0.717) is 10.8 Å². The summed E-state index contributed by atoms with van der Waals surface area (Å²) >= 11 is 0. The van der Waals surface area contributed by atoms with Crippen molar-refractivity contribution in [2.45, 2.75) is 79.9 Å². The van der Waals surface area contributed by atoms with Crippen molar-refractivity contribution in [2.24, 2.45) is 58.2 Å². The largest absolute Gasteiger partial charge is 0.166 e.